The van der Waals surface area contributed by atoms with Gasteiger partial charge in [-0.15, -0.1) is 0 Å². The van der Waals surface area contributed by atoms with Crippen molar-refractivity contribution in [2.45, 2.75) is 33.2 Å². The van der Waals surface area contributed by atoms with Crippen LogP contribution >= 0.6 is 0 Å². The number of likely N-dealkylation sites (N-methyl/N-ethyl adjacent to an activating group) is 1. The predicted octanol–water partition coefficient (Wildman–Crippen LogP) is 0.853. The summed E-state index contributed by atoms with van der Waals surface area (Å²) in [5, 5.41) is 3.26. The second kappa shape index (κ2) is 3.66. The molecule has 1 saturated heterocycles. The molecule has 3 heteroatoms. The Morgan fingerprint density at radius 2 is 2.15 bits per heavy atom. The lowest BCUT2D eigenvalue weighted by Gasteiger charge is -2.34. The van der Waals surface area contributed by atoms with Gasteiger partial charge in [-0.2, -0.15) is 0 Å². The van der Waals surface area contributed by atoms with Crippen LogP contribution in [0.2, 0.25) is 0 Å². The van der Waals surface area contributed by atoms with Gasteiger partial charge in [-0.3, -0.25) is 4.79 Å². The molecule has 1 unspecified atom stereocenters. The fourth-order valence-electron chi connectivity index (χ4n) is 1.74. The van der Waals surface area contributed by atoms with Gasteiger partial charge in [-0.1, -0.05) is 20.8 Å². The van der Waals surface area contributed by atoms with Crippen LogP contribution in [0.15, 0.2) is 0 Å². The van der Waals surface area contributed by atoms with Gasteiger partial charge in [0.15, 0.2) is 0 Å². The van der Waals surface area contributed by atoms with Crippen molar-refractivity contribution in [3.05, 3.63) is 0 Å². The molecule has 0 saturated carbocycles. The van der Waals surface area contributed by atoms with Crippen molar-refractivity contribution in [2.75, 3.05) is 20.1 Å². The van der Waals surface area contributed by atoms with Gasteiger partial charge in [0.05, 0.1) is 6.54 Å². The van der Waals surface area contributed by atoms with E-state index in [9.17, 15) is 4.79 Å². The summed E-state index contributed by atoms with van der Waals surface area (Å²) in [5.74, 6) is 0.199. The van der Waals surface area contributed by atoms with Gasteiger partial charge in [0.2, 0.25) is 5.91 Å². The number of amides is 1. The fourth-order valence-corrected chi connectivity index (χ4v) is 1.74. The largest absolute Gasteiger partial charge is 0.343 e. The van der Waals surface area contributed by atoms with Crippen molar-refractivity contribution >= 4 is 5.91 Å². The third-order valence-electron chi connectivity index (χ3n) is 2.32. The fraction of sp³-hybridized carbons (Fsp3) is 0.900. The van der Waals surface area contributed by atoms with Crippen LogP contribution in [-0.2, 0) is 4.79 Å². The molecule has 1 amide bonds. The maximum Gasteiger partial charge on any atom is 0.236 e. The summed E-state index contributed by atoms with van der Waals surface area (Å²) in [7, 11) is 1.87. The molecule has 1 fully saturated rings. The SMILES string of the molecule is CN1CC(CC(C)(C)C)NCC1=O. The Balaban J connectivity index is 2.42. The highest BCUT2D eigenvalue weighted by atomic mass is 16.2. The molecule has 1 aliphatic heterocycles. The summed E-state index contributed by atoms with van der Waals surface area (Å²) in [4.78, 5) is 13.0. The Kier molecular flexibility index (Phi) is 2.96. The summed E-state index contributed by atoms with van der Waals surface area (Å²) in [6, 6.07) is 0.461. The van der Waals surface area contributed by atoms with Crippen LogP contribution in [0.4, 0.5) is 0 Å². The molecule has 0 aliphatic carbocycles. The summed E-state index contributed by atoms with van der Waals surface area (Å²) in [5.41, 5.74) is 0.332. The first-order chi connectivity index (χ1) is 5.88. The van der Waals surface area contributed by atoms with Crippen molar-refractivity contribution in [1.29, 1.82) is 0 Å². The average molecular weight is 184 g/mol. The molecule has 1 heterocycles. The average Bonchev–Trinajstić information content (AvgIpc) is 1.94. The van der Waals surface area contributed by atoms with Crippen molar-refractivity contribution in [3.63, 3.8) is 0 Å². The zero-order chi connectivity index (χ0) is 10.1. The monoisotopic (exact) mass is 184 g/mol. The molecule has 1 rings (SSSR count). The second-order valence-electron chi connectivity index (χ2n) is 5.12. The summed E-state index contributed by atoms with van der Waals surface area (Å²) in [6.45, 7) is 8.02. The topological polar surface area (TPSA) is 32.3 Å². The number of piperazine rings is 1. The normalized spacial score (nSPS) is 25.1. The molecular weight excluding hydrogens is 164 g/mol. The Labute approximate surface area is 80.5 Å². The number of nitrogens with one attached hydrogen (secondary N) is 1. The predicted molar refractivity (Wildman–Crippen MR) is 53.5 cm³/mol. The van der Waals surface area contributed by atoms with Gasteiger partial charge in [-0.25, -0.2) is 0 Å². The highest BCUT2D eigenvalue weighted by Crippen LogP contribution is 2.21. The maximum atomic E-state index is 11.2. The van der Waals surface area contributed by atoms with E-state index in [1.807, 2.05) is 11.9 Å². The van der Waals surface area contributed by atoms with Crippen molar-refractivity contribution in [1.82, 2.24) is 10.2 Å². The van der Waals surface area contributed by atoms with Gasteiger partial charge < -0.3 is 10.2 Å². The number of hydrogen-bond acceptors (Lipinski definition) is 2. The molecule has 0 aromatic heterocycles. The van der Waals surface area contributed by atoms with E-state index in [0.29, 0.717) is 18.0 Å². The van der Waals surface area contributed by atoms with Crippen LogP contribution in [-0.4, -0.2) is 37.0 Å². The van der Waals surface area contributed by atoms with Crippen LogP contribution < -0.4 is 5.32 Å². The summed E-state index contributed by atoms with van der Waals surface area (Å²) >= 11 is 0. The standard InChI is InChI=1S/C10H20N2O/c1-10(2,3)5-8-7-12(4)9(13)6-11-8/h8,11H,5-7H2,1-4H3. The lowest BCUT2D eigenvalue weighted by Crippen LogP contribution is -2.53. The van der Waals surface area contributed by atoms with Gasteiger partial charge in [0.1, 0.15) is 0 Å². The summed E-state index contributed by atoms with van der Waals surface area (Å²) in [6.07, 6.45) is 1.12. The van der Waals surface area contributed by atoms with E-state index < -0.39 is 0 Å². The third kappa shape index (κ3) is 3.35. The van der Waals surface area contributed by atoms with Crippen LogP contribution in [0.3, 0.4) is 0 Å². The number of nitrogens with zero attached hydrogens (tertiary/aromatic N) is 1. The third-order valence-corrected chi connectivity index (χ3v) is 2.32. The quantitative estimate of drug-likeness (QED) is 0.655. The van der Waals surface area contributed by atoms with E-state index >= 15 is 0 Å². The number of carbonyl (C=O) groups excluding carboxylic acids is 1. The molecule has 0 bridgehead atoms. The molecular formula is C10H20N2O. The molecule has 1 N–H and O–H groups in total. The second-order valence-corrected chi connectivity index (χ2v) is 5.12. The van der Waals surface area contributed by atoms with Gasteiger partial charge >= 0.3 is 0 Å². The van der Waals surface area contributed by atoms with Crippen LogP contribution in [0.25, 0.3) is 0 Å². The van der Waals surface area contributed by atoms with Crippen LogP contribution in [0.5, 0.6) is 0 Å². The minimum Gasteiger partial charge on any atom is -0.343 e. The molecule has 76 valence electrons. The van der Waals surface area contributed by atoms with Crippen LogP contribution in [0.1, 0.15) is 27.2 Å². The number of hydrogen-bond donors (Lipinski definition) is 1. The molecule has 0 spiro atoms. The van der Waals surface area contributed by atoms with Gasteiger partial charge in [-0.05, 0) is 11.8 Å². The molecule has 0 aromatic rings. The Hall–Kier alpha value is -0.570. The minimum absolute atomic E-state index is 0.199. The molecule has 3 nitrogen and oxygen atoms in total. The zero-order valence-corrected chi connectivity index (χ0v) is 9.05. The van der Waals surface area contributed by atoms with E-state index in [-0.39, 0.29) is 5.91 Å². The van der Waals surface area contributed by atoms with E-state index in [2.05, 4.69) is 26.1 Å². The molecule has 0 radical (unpaired) electrons. The lowest BCUT2D eigenvalue weighted by atomic mass is 9.87. The Morgan fingerprint density at radius 3 is 2.62 bits per heavy atom. The zero-order valence-electron chi connectivity index (χ0n) is 9.05. The van der Waals surface area contributed by atoms with Gasteiger partial charge in [0.25, 0.3) is 0 Å². The first-order valence-corrected chi connectivity index (χ1v) is 4.86. The molecule has 1 atom stereocenters. The first-order valence-electron chi connectivity index (χ1n) is 4.86. The molecule has 13 heavy (non-hydrogen) atoms. The summed E-state index contributed by atoms with van der Waals surface area (Å²) < 4.78 is 0. The smallest absolute Gasteiger partial charge is 0.236 e. The van der Waals surface area contributed by atoms with Crippen LogP contribution in [0, 0.1) is 5.41 Å². The lowest BCUT2D eigenvalue weighted by molar-refractivity contribution is -0.131. The molecule has 0 aromatic carbocycles. The van der Waals surface area contributed by atoms with E-state index in [0.717, 1.165) is 13.0 Å². The van der Waals surface area contributed by atoms with E-state index in [1.54, 1.807) is 0 Å². The van der Waals surface area contributed by atoms with Crippen molar-refractivity contribution in [3.8, 4) is 0 Å². The Morgan fingerprint density at radius 1 is 1.54 bits per heavy atom. The first kappa shape index (κ1) is 10.5. The van der Waals surface area contributed by atoms with Gasteiger partial charge in [0, 0.05) is 19.6 Å². The highest BCUT2D eigenvalue weighted by Gasteiger charge is 2.25. The Bertz CT molecular complexity index is 196. The minimum atomic E-state index is 0.199. The number of carbonyl (C=O) groups is 1. The van der Waals surface area contributed by atoms with Crippen molar-refractivity contribution in [2.24, 2.45) is 5.41 Å². The molecule has 1 aliphatic rings. The van der Waals surface area contributed by atoms with E-state index in [1.165, 1.54) is 0 Å². The number of rotatable bonds is 1. The van der Waals surface area contributed by atoms with E-state index in [4.69, 9.17) is 0 Å². The van der Waals surface area contributed by atoms with Crippen molar-refractivity contribution < 1.29 is 4.79 Å². The maximum absolute atomic E-state index is 11.2. The highest BCUT2D eigenvalue weighted by molar-refractivity contribution is 5.78.